The van der Waals surface area contributed by atoms with Crippen molar-refractivity contribution in [2.24, 2.45) is 0 Å². The normalized spacial score (nSPS) is 10.4. The van der Waals surface area contributed by atoms with Crippen LogP contribution in [0.2, 0.25) is 5.02 Å². The van der Waals surface area contributed by atoms with Crippen LogP contribution in [0, 0.1) is 0 Å². The number of benzene rings is 1. The summed E-state index contributed by atoms with van der Waals surface area (Å²) in [5.74, 6) is -2.71. The van der Waals surface area contributed by atoms with E-state index in [0.29, 0.717) is 5.02 Å². The third-order valence-electron chi connectivity index (χ3n) is 2.48. The number of nitrogens with zero attached hydrogens (tertiary/aromatic N) is 2. The van der Waals surface area contributed by atoms with Gasteiger partial charge in [0.25, 0.3) is 0 Å². The molecular formula is C12H9ClN2O4. The zero-order chi connectivity index (χ0) is 14.0. The first kappa shape index (κ1) is 13.1. The minimum atomic E-state index is -1.37. The Morgan fingerprint density at radius 2 is 2.00 bits per heavy atom. The first-order chi connectivity index (χ1) is 8.99. The second-order valence-corrected chi connectivity index (χ2v) is 4.25. The van der Waals surface area contributed by atoms with Crippen molar-refractivity contribution < 1.29 is 19.8 Å². The number of halogens is 1. The molecule has 2 N–H and O–H groups in total. The van der Waals surface area contributed by atoms with E-state index in [-0.39, 0.29) is 12.2 Å². The standard InChI is InChI=1S/C12H9ClN2O4/c13-8-3-1-2-7(4-8)5-15-6-14-9(11(16)17)10(15)12(18)19/h1-4,6H,5H2,(H,16,17)(H,18,19). The Balaban J connectivity index is 2.41. The fraction of sp³-hybridized carbons (Fsp3) is 0.0833. The maximum atomic E-state index is 11.1. The topological polar surface area (TPSA) is 92.4 Å². The summed E-state index contributed by atoms with van der Waals surface area (Å²) >= 11 is 5.83. The molecule has 0 atom stereocenters. The summed E-state index contributed by atoms with van der Waals surface area (Å²) in [6.07, 6.45) is 1.19. The smallest absolute Gasteiger partial charge is 0.357 e. The van der Waals surface area contributed by atoms with Crippen LogP contribution in [0.1, 0.15) is 26.5 Å². The van der Waals surface area contributed by atoms with Gasteiger partial charge in [-0.2, -0.15) is 0 Å². The van der Waals surface area contributed by atoms with Gasteiger partial charge in [0.1, 0.15) is 0 Å². The van der Waals surface area contributed by atoms with Gasteiger partial charge in [-0.25, -0.2) is 14.6 Å². The van der Waals surface area contributed by atoms with Crippen LogP contribution in [0.4, 0.5) is 0 Å². The SMILES string of the molecule is O=C(O)c1ncn(Cc2cccc(Cl)c2)c1C(=O)O. The van der Waals surface area contributed by atoms with Gasteiger partial charge in [0.2, 0.25) is 0 Å². The number of aromatic carboxylic acids is 2. The minimum Gasteiger partial charge on any atom is -0.476 e. The number of aromatic nitrogens is 2. The molecule has 0 saturated carbocycles. The maximum Gasteiger partial charge on any atom is 0.357 e. The van der Waals surface area contributed by atoms with Crippen molar-refractivity contribution in [2.75, 3.05) is 0 Å². The van der Waals surface area contributed by atoms with Crippen molar-refractivity contribution in [3.05, 3.63) is 52.6 Å². The zero-order valence-corrected chi connectivity index (χ0v) is 10.3. The molecule has 0 aliphatic rings. The van der Waals surface area contributed by atoms with Gasteiger partial charge in [-0.15, -0.1) is 0 Å². The van der Waals surface area contributed by atoms with Gasteiger partial charge >= 0.3 is 11.9 Å². The number of imidazole rings is 1. The lowest BCUT2D eigenvalue weighted by atomic mass is 10.2. The van der Waals surface area contributed by atoms with Crippen LogP contribution in [0.3, 0.4) is 0 Å². The van der Waals surface area contributed by atoms with Crippen LogP contribution in [-0.4, -0.2) is 31.7 Å². The molecule has 0 unspecified atom stereocenters. The zero-order valence-electron chi connectivity index (χ0n) is 9.58. The van der Waals surface area contributed by atoms with Gasteiger partial charge in [-0.05, 0) is 17.7 Å². The summed E-state index contributed by atoms with van der Waals surface area (Å²) in [4.78, 5) is 25.6. The molecule has 1 aromatic heterocycles. The van der Waals surface area contributed by atoms with E-state index in [2.05, 4.69) is 4.98 Å². The van der Waals surface area contributed by atoms with E-state index in [1.165, 1.54) is 10.9 Å². The Kier molecular flexibility index (Phi) is 3.52. The molecule has 0 amide bonds. The maximum absolute atomic E-state index is 11.1. The number of carbonyl (C=O) groups is 2. The lowest BCUT2D eigenvalue weighted by molar-refractivity contribution is 0.0640. The summed E-state index contributed by atoms with van der Waals surface area (Å²) in [6.45, 7) is 0.183. The predicted molar refractivity (Wildman–Crippen MR) is 66.7 cm³/mol. The van der Waals surface area contributed by atoms with E-state index >= 15 is 0 Å². The van der Waals surface area contributed by atoms with Gasteiger partial charge in [0.15, 0.2) is 11.4 Å². The minimum absolute atomic E-state index is 0.183. The second kappa shape index (κ2) is 5.11. The molecule has 0 saturated heterocycles. The van der Waals surface area contributed by atoms with Crippen LogP contribution in [-0.2, 0) is 6.54 Å². The fourth-order valence-electron chi connectivity index (χ4n) is 1.71. The molecule has 2 rings (SSSR count). The molecule has 0 fully saturated rings. The van der Waals surface area contributed by atoms with E-state index in [9.17, 15) is 9.59 Å². The Morgan fingerprint density at radius 3 is 2.58 bits per heavy atom. The summed E-state index contributed by atoms with van der Waals surface area (Å²) in [7, 11) is 0. The number of rotatable bonds is 4. The van der Waals surface area contributed by atoms with Crippen molar-refractivity contribution >= 4 is 23.5 Å². The first-order valence-electron chi connectivity index (χ1n) is 5.25. The lowest BCUT2D eigenvalue weighted by Gasteiger charge is -2.06. The molecule has 2 aromatic rings. The van der Waals surface area contributed by atoms with E-state index in [1.54, 1.807) is 24.3 Å². The Hall–Kier alpha value is -2.34. The molecule has 7 heteroatoms. The highest BCUT2D eigenvalue weighted by Crippen LogP contribution is 2.15. The van der Waals surface area contributed by atoms with E-state index in [4.69, 9.17) is 21.8 Å². The number of hydrogen-bond acceptors (Lipinski definition) is 3. The van der Waals surface area contributed by atoms with Gasteiger partial charge in [-0.1, -0.05) is 23.7 Å². The Bertz CT molecular complexity index is 651. The van der Waals surface area contributed by atoms with Crippen LogP contribution in [0.15, 0.2) is 30.6 Å². The summed E-state index contributed by atoms with van der Waals surface area (Å²) < 4.78 is 1.26. The molecule has 0 aliphatic carbocycles. The molecule has 0 spiro atoms. The highest BCUT2D eigenvalue weighted by atomic mass is 35.5. The number of hydrogen-bond donors (Lipinski definition) is 2. The molecule has 1 heterocycles. The van der Waals surface area contributed by atoms with Gasteiger partial charge in [0, 0.05) is 11.6 Å². The molecule has 19 heavy (non-hydrogen) atoms. The lowest BCUT2D eigenvalue weighted by Crippen LogP contribution is -2.13. The van der Waals surface area contributed by atoms with Crippen molar-refractivity contribution in [2.45, 2.75) is 6.54 Å². The first-order valence-corrected chi connectivity index (χ1v) is 5.63. The van der Waals surface area contributed by atoms with Crippen molar-refractivity contribution in [1.29, 1.82) is 0 Å². The highest BCUT2D eigenvalue weighted by Gasteiger charge is 2.22. The third-order valence-corrected chi connectivity index (χ3v) is 2.72. The number of carboxylic acids is 2. The van der Waals surface area contributed by atoms with Crippen LogP contribution >= 0.6 is 11.6 Å². The Labute approximate surface area is 112 Å². The second-order valence-electron chi connectivity index (χ2n) is 3.81. The molecule has 98 valence electrons. The largest absolute Gasteiger partial charge is 0.476 e. The monoisotopic (exact) mass is 280 g/mol. The summed E-state index contributed by atoms with van der Waals surface area (Å²) in [6, 6.07) is 6.86. The van der Waals surface area contributed by atoms with Crippen molar-refractivity contribution in [3.8, 4) is 0 Å². The van der Waals surface area contributed by atoms with Gasteiger partial charge in [-0.3, -0.25) is 0 Å². The quantitative estimate of drug-likeness (QED) is 0.893. The molecule has 1 aromatic carbocycles. The third kappa shape index (κ3) is 2.74. The van der Waals surface area contributed by atoms with Crippen LogP contribution in [0.25, 0.3) is 0 Å². The molecular weight excluding hydrogens is 272 g/mol. The number of carboxylic acid groups (broad SMARTS) is 2. The molecule has 0 aliphatic heterocycles. The fourth-order valence-corrected chi connectivity index (χ4v) is 1.93. The van der Waals surface area contributed by atoms with Crippen molar-refractivity contribution in [1.82, 2.24) is 9.55 Å². The predicted octanol–water partition coefficient (Wildman–Crippen LogP) is 1.98. The Morgan fingerprint density at radius 1 is 1.26 bits per heavy atom. The molecule has 0 bridgehead atoms. The van der Waals surface area contributed by atoms with Crippen molar-refractivity contribution in [3.63, 3.8) is 0 Å². The average molecular weight is 281 g/mol. The van der Waals surface area contributed by atoms with Gasteiger partial charge in [0.05, 0.1) is 6.33 Å². The van der Waals surface area contributed by atoms with E-state index < -0.39 is 17.6 Å². The van der Waals surface area contributed by atoms with Gasteiger partial charge < -0.3 is 14.8 Å². The average Bonchev–Trinajstić information content (AvgIpc) is 2.73. The highest BCUT2D eigenvalue weighted by molar-refractivity contribution is 6.30. The molecule has 6 nitrogen and oxygen atoms in total. The van der Waals surface area contributed by atoms with E-state index in [1.807, 2.05) is 0 Å². The van der Waals surface area contributed by atoms with Crippen LogP contribution in [0.5, 0.6) is 0 Å². The van der Waals surface area contributed by atoms with E-state index in [0.717, 1.165) is 5.56 Å². The van der Waals surface area contributed by atoms with Crippen LogP contribution < -0.4 is 0 Å². The summed E-state index contributed by atoms with van der Waals surface area (Å²) in [5.41, 5.74) is -0.0775. The molecule has 0 radical (unpaired) electrons. The summed E-state index contributed by atoms with van der Waals surface area (Å²) in [5, 5.41) is 18.5.